The number of nitrogens with two attached hydrogens (primary N) is 1. The molecular weight excluding hydrogens is 925 g/mol. The van der Waals surface area contributed by atoms with Crippen molar-refractivity contribution in [1.29, 1.82) is 0 Å². The predicted molar refractivity (Wildman–Crippen MR) is 305 cm³/mol. The number of nitrogens with one attached hydrogen (secondary N) is 4. The Kier molecular flexibility index (Phi) is 20.0. The average Bonchev–Trinajstić information content (AvgIpc) is 4.20. The maximum atomic E-state index is 16.1. The van der Waals surface area contributed by atoms with Crippen molar-refractivity contribution in [1.82, 2.24) is 45.1 Å². The highest BCUT2D eigenvalue weighted by Gasteiger charge is 2.24. The van der Waals surface area contributed by atoms with E-state index in [0.717, 1.165) is 81.3 Å². The Labute approximate surface area is 435 Å². The number of H-pyrrole nitrogens is 3. The molecule has 0 bridgehead atoms. The normalized spacial score (nSPS) is 13.1. The van der Waals surface area contributed by atoms with Crippen molar-refractivity contribution < 1.29 is 8.78 Å². The molecule has 0 unspecified atom stereocenters. The molecule has 11 nitrogen and oxygen atoms in total. The van der Waals surface area contributed by atoms with E-state index < -0.39 is 5.82 Å². The second-order valence-electron chi connectivity index (χ2n) is 18.3. The molecule has 0 aromatic carbocycles. The van der Waals surface area contributed by atoms with E-state index in [1.807, 2.05) is 58.1 Å². The van der Waals surface area contributed by atoms with Gasteiger partial charge in [0.2, 0.25) is 0 Å². The summed E-state index contributed by atoms with van der Waals surface area (Å²) in [5.74, 6) is 1.23. The van der Waals surface area contributed by atoms with Crippen molar-refractivity contribution >= 4 is 39.3 Å². The van der Waals surface area contributed by atoms with E-state index in [2.05, 4.69) is 139 Å². The van der Waals surface area contributed by atoms with Gasteiger partial charge in [0.05, 0.1) is 28.7 Å². The lowest BCUT2D eigenvalue weighted by Gasteiger charge is -2.15. The molecule has 0 atom stereocenters. The molecule has 74 heavy (non-hydrogen) atoms. The van der Waals surface area contributed by atoms with Crippen molar-refractivity contribution in [3.8, 4) is 35.5 Å². The molecule has 382 valence electrons. The summed E-state index contributed by atoms with van der Waals surface area (Å²) >= 11 is 0. The van der Waals surface area contributed by atoms with Crippen LogP contribution in [0.1, 0.15) is 107 Å². The Bertz CT molecular complexity index is 3280. The van der Waals surface area contributed by atoms with E-state index in [4.69, 9.17) is 15.7 Å². The first kappa shape index (κ1) is 56.4. The number of terminal acetylenes is 1. The minimum atomic E-state index is -0.447. The van der Waals surface area contributed by atoms with Gasteiger partial charge in [0.15, 0.2) is 11.5 Å². The first-order chi connectivity index (χ1) is 35.5. The van der Waals surface area contributed by atoms with Crippen LogP contribution in [-0.4, -0.2) is 45.1 Å². The second-order valence-corrected chi connectivity index (χ2v) is 18.3. The monoisotopic (exact) mass is 994 g/mol. The number of aromatic nitrogens is 9. The smallest absolute Gasteiger partial charge is 0.184 e. The number of anilines is 2. The Morgan fingerprint density at radius 3 is 2.26 bits per heavy atom. The van der Waals surface area contributed by atoms with Gasteiger partial charge in [-0.05, 0) is 87.2 Å². The summed E-state index contributed by atoms with van der Waals surface area (Å²) in [7, 11) is 0. The van der Waals surface area contributed by atoms with E-state index in [1.165, 1.54) is 18.0 Å². The van der Waals surface area contributed by atoms with Crippen LogP contribution in [0, 0.1) is 50.2 Å². The van der Waals surface area contributed by atoms with E-state index in [9.17, 15) is 0 Å². The minimum Gasteiger partial charge on any atom is -0.383 e. The van der Waals surface area contributed by atoms with Crippen molar-refractivity contribution in [2.45, 2.75) is 88.0 Å². The van der Waals surface area contributed by atoms with Crippen LogP contribution >= 0.6 is 0 Å². The standard InChI is InChI=1S/C30H30FN7.C29H37FN4.C2H2/c1-6-9-23(20-10-7-8-11-20)27-19(5)35-30(36-27)28-25-26(31)24(16-33-29(25)38-37-28)21-13-22(15-32-14-21)34-18(4)12-17(2)3;1-9-13-19(7)21(12-4)25-17-32-29(31)24(27(25)30)16-26-33-20(8)28(34-26)23(15-11-3)22(14-10-2)18(5)6;1-2/h6-7,9-11,13-17,34H,1,4,8,12H2,2-3,5H3,(H,35,36)(H,33,37,38);9,11-15,17-18H,1,3,10,16H2,2,4-8H3,(H2,31,32)(H,33,34);1-2H/b23-9-;19-13-,21-12+,22-14+,23-15-;. The number of halogens is 2. The van der Waals surface area contributed by atoms with Crippen molar-refractivity contribution in [2.24, 2.45) is 11.8 Å². The topological polar surface area (TPSA) is 163 Å². The Morgan fingerprint density at radius 1 is 0.905 bits per heavy atom. The molecule has 1 aliphatic carbocycles. The number of fused-ring (bicyclic) bond motifs is 1. The largest absolute Gasteiger partial charge is 0.383 e. The summed E-state index contributed by atoms with van der Waals surface area (Å²) in [4.78, 5) is 29.3. The molecule has 6 aromatic rings. The van der Waals surface area contributed by atoms with Gasteiger partial charge in [0, 0.05) is 75.5 Å². The number of aromatic amines is 3. The van der Waals surface area contributed by atoms with Crippen LogP contribution in [0.5, 0.6) is 0 Å². The van der Waals surface area contributed by atoms with E-state index in [0.29, 0.717) is 51.4 Å². The molecule has 0 amide bonds. The number of nitrogen functional groups attached to an aromatic ring is 1. The molecule has 0 spiro atoms. The number of aryl methyl sites for hydroxylation is 2. The first-order valence-corrected chi connectivity index (χ1v) is 24.6. The molecule has 0 saturated carbocycles. The van der Waals surface area contributed by atoms with Gasteiger partial charge in [-0.15, -0.1) is 12.8 Å². The van der Waals surface area contributed by atoms with Crippen LogP contribution in [0.15, 0.2) is 146 Å². The Hall–Kier alpha value is -8.50. The fourth-order valence-corrected chi connectivity index (χ4v) is 8.76. The van der Waals surface area contributed by atoms with Gasteiger partial charge < -0.3 is 21.0 Å². The summed E-state index contributed by atoms with van der Waals surface area (Å²) in [5, 5.41) is 10.7. The van der Waals surface area contributed by atoms with Gasteiger partial charge >= 0.3 is 0 Å². The number of rotatable bonds is 19. The number of allylic oxidation sites excluding steroid dienone is 18. The number of pyridine rings is 3. The highest BCUT2D eigenvalue weighted by atomic mass is 19.1. The van der Waals surface area contributed by atoms with E-state index >= 15 is 8.78 Å². The van der Waals surface area contributed by atoms with Gasteiger partial charge in [-0.3, -0.25) is 10.1 Å². The zero-order valence-corrected chi connectivity index (χ0v) is 44.2. The zero-order chi connectivity index (χ0) is 54.2. The van der Waals surface area contributed by atoms with Gasteiger partial charge in [-0.2, -0.15) is 5.10 Å². The maximum absolute atomic E-state index is 16.1. The lowest BCUT2D eigenvalue weighted by atomic mass is 9.91. The molecule has 0 aliphatic heterocycles. The quantitative estimate of drug-likeness (QED) is 0.0396. The summed E-state index contributed by atoms with van der Waals surface area (Å²) < 4.78 is 31.8. The van der Waals surface area contributed by atoms with Crippen LogP contribution in [0.2, 0.25) is 0 Å². The average molecular weight is 994 g/mol. The summed E-state index contributed by atoms with van der Waals surface area (Å²) in [5.41, 5.74) is 19.4. The van der Waals surface area contributed by atoms with Crippen LogP contribution < -0.4 is 11.1 Å². The minimum absolute atomic E-state index is 0.160. The number of hydrogen-bond donors (Lipinski definition) is 5. The molecular formula is C61H69F2N11. The number of hydrogen-bond acceptors (Lipinski definition) is 8. The van der Waals surface area contributed by atoms with Gasteiger partial charge in [0.1, 0.15) is 29.0 Å². The third-order valence-corrected chi connectivity index (χ3v) is 12.0. The van der Waals surface area contributed by atoms with Gasteiger partial charge in [0.25, 0.3) is 0 Å². The van der Waals surface area contributed by atoms with Crippen LogP contribution in [0.4, 0.5) is 20.3 Å². The van der Waals surface area contributed by atoms with E-state index in [-0.39, 0.29) is 29.1 Å². The molecule has 6 aromatic heterocycles. The SMILES string of the molecule is C#C.C=C/C=C(/C1=CCC=C1)c1nc(-c2[nH]nc3ncc(-c4cncc(NC(=C)CC(C)C)c4)c(F)c23)[nH]c1C.C=C/C=C(C)\C(=C/C)c1cnc(N)c(Cc2nc(C(=C\C=C)/C(=C/CC)C(C)C)c(C)[nH]2)c1F. The summed E-state index contributed by atoms with van der Waals surface area (Å²) in [6, 6.07) is 1.84. The lowest BCUT2D eigenvalue weighted by Crippen LogP contribution is -2.07. The second kappa shape index (κ2) is 26.3. The fourth-order valence-electron chi connectivity index (χ4n) is 8.76. The Morgan fingerprint density at radius 2 is 1.62 bits per heavy atom. The highest BCUT2D eigenvalue weighted by Crippen LogP contribution is 2.37. The number of imidazole rings is 2. The summed E-state index contributed by atoms with van der Waals surface area (Å²) in [6.45, 7) is 34.0. The lowest BCUT2D eigenvalue weighted by molar-refractivity contribution is 0.607. The van der Waals surface area contributed by atoms with Crippen LogP contribution in [-0.2, 0) is 6.42 Å². The molecule has 0 radical (unpaired) electrons. The molecule has 6 heterocycles. The van der Waals surface area contributed by atoms with Crippen molar-refractivity contribution in [3.05, 3.63) is 198 Å². The van der Waals surface area contributed by atoms with Gasteiger partial charge in [-0.1, -0.05) is 128 Å². The first-order valence-electron chi connectivity index (χ1n) is 24.6. The Balaban J connectivity index is 0.000000267. The molecule has 0 saturated heterocycles. The molecule has 6 N–H and O–H groups in total. The zero-order valence-electron chi connectivity index (χ0n) is 44.2. The maximum Gasteiger partial charge on any atom is 0.184 e. The molecule has 0 fully saturated rings. The molecule has 13 heteroatoms. The molecule has 1 aliphatic rings. The predicted octanol–water partition coefficient (Wildman–Crippen LogP) is 15.1. The van der Waals surface area contributed by atoms with Crippen molar-refractivity contribution in [2.75, 3.05) is 11.1 Å². The fraction of sp³-hybridized carbons (Fsp3) is 0.246. The van der Waals surface area contributed by atoms with Crippen LogP contribution in [0.25, 0.3) is 50.4 Å². The third kappa shape index (κ3) is 13.1. The van der Waals surface area contributed by atoms with Gasteiger partial charge in [-0.25, -0.2) is 28.7 Å². The summed E-state index contributed by atoms with van der Waals surface area (Å²) in [6.07, 6.45) is 38.5. The number of nitrogens with zero attached hydrogens (tertiary/aromatic N) is 6. The molecule has 7 rings (SSSR count). The third-order valence-electron chi connectivity index (χ3n) is 12.0. The van der Waals surface area contributed by atoms with Crippen molar-refractivity contribution in [3.63, 3.8) is 0 Å². The van der Waals surface area contributed by atoms with E-state index in [1.54, 1.807) is 30.6 Å². The van der Waals surface area contributed by atoms with Crippen LogP contribution in [0.3, 0.4) is 0 Å². The highest BCUT2D eigenvalue weighted by molar-refractivity contribution is 5.93.